The van der Waals surface area contributed by atoms with E-state index in [1.54, 1.807) is 11.8 Å². The van der Waals surface area contributed by atoms with Crippen LogP contribution in [-0.2, 0) is 26.1 Å². The number of carboxylic acids is 1. The predicted octanol–water partition coefficient (Wildman–Crippen LogP) is 5.14. The smallest absolute Gasteiger partial charge is 0.336 e. The molecular weight excluding hydrogens is 478 g/mol. The molecule has 6 nitrogen and oxygen atoms in total. The molecule has 1 aliphatic rings. The molecule has 0 aromatic heterocycles. The number of fused-ring (bicyclic) bond motifs is 1. The average molecular weight is 501 g/mol. The molecule has 0 spiro atoms. The molecule has 1 aliphatic heterocycles. The summed E-state index contributed by atoms with van der Waals surface area (Å²) in [5.41, 5.74) is -1.96. The van der Waals surface area contributed by atoms with Gasteiger partial charge in [-0.15, -0.1) is 0 Å². The number of rotatable bonds is 7. The maximum absolute atomic E-state index is 14.2. The second kappa shape index (κ2) is 9.28. The molecule has 0 fully saturated rings. The van der Waals surface area contributed by atoms with Crippen molar-refractivity contribution in [3.8, 4) is 0 Å². The van der Waals surface area contributed by atoms with Crippen molar-refractivity contribution in [3.63, 3.8) is 0 Å². The number of hydrogen-bond donors (Lipinski definition) is 1. The standard InChI is InChI=1S/C23H23F4NO5S/c1-5-8-28-13(4)33-12(3)17-16(28)7-6-14(18(17)23(29)30)9-34(31,32)10-15-21(26)19(24)11(2)20(25)22(15)27/h6-7,12H,4-5,8-10H2,1-3H3,(H,29,30). The summed E-state index contributed by atoms with van der Waals surface area (Å²) in [6.07, 6.45) is -0.0743. The molecule has 0 bridgehead atoms. The minimum Gasteiger partial charge on any atom is -0.478 e. The summed E-state index contributed by atoms with van der Waals surface area (Å²) in [4.78, 5) is 13.8. The van der Waals surface area contributed by atoms with Gasteiger partial charge in [0.05, 0.1) is 22.8 Å². The van der Waals surface area contributed by atoms with Crippen molar-refractivity contribution in [1.29, 1.82) is 0 Å². The fraction of sp³-hybridized carbons (Fsp3) is 0.348. The summed E-state index contributed by atoms with van der Waals surface area (Å²) in [5, 5.41) is 9.89. The second-order valence-electron chi connectivity index (χ2n) is 8.03. The maximum atomic E-state index is 14.2. The van der Waals surface area contributed by atoms with Gasteiger partial charge in [0.2, 0.25) is 0 Å². The first-order chi connectivity index (χ1) is 15.8. The molecule has 184 valence electrons. The molecule has 34 heavy (non-hydrogen) atoms. The van der Waals surface area contributed by atoms with Gasteiger partial charge >= 0.3 is 5.97 Å². The van der Waals surface area contributed by atoms with Crippen molar-refractivity contribution in [1.82, 2.24) is 0 Å². The largest absolute Gasteiger partial charge is 0.478 e. The van der Waals surface area contributed by atoms with E-state index in [9.17, 15) is 35.9 Å². The highest BCUT2D eigenvalue weighted by molar-refractivity contribution is 7.89. The highest BCUT2D eigenvalue weighted by Crippen LogP contribution is 2.41. The third kappa shape index (κ3) is 4.48. The van der Waals surface area contributed by atoms with Gasteiger partial charge in [0, 0.05) is 23.2 Å². The number of aromatic carboxylic acids is 1. The van der Waals surface area contributed by atoms with Crippen LogP contribution in [-0.4, -0.2) is 26.0 Å². The number of hydrogen-bond acceptors (Lipinski definition) is 5. The van der Waals surface area contributed by atoms with Gasteiger partial charge in [-0.1, -0.05) is 13.0 Å². The molecule has 0 aliphatic carbocycles. The van der Waals surface area contributed by atoms with Crippen molar-refractivity contribution >= 4 is 21.5 Å². The zero-order chi connectivity index (χ0) is 25.5. The predicted molar refractivity (Wildman–Crippen MR) is 117 cm³/mol. The summed E-state index contributed by atoms with van der Waals surface area (Å²) >= 11 is 0. The summed E-state index contributed by atoms with van der Waals surface area (Å²) in [5.74, 6) is -10.4. The third-order valence-electron chi connectivity index (χ3n) is 5.59. The number of anilines is 1. The summed E-state index contributed by atoms with van der Waals surface area (Å²) in [6, 6.07) is 2.82. The lowest BCUT2D eigenvalue weighted by Gasteiger charge is -2.37. The Balaban J connectivity index is 2.08. The molecule has 1 unspecified atom stereocenters. The van der Waals surface area contributed by atoms with Crippen LogP contribution >= 0.6 is 0 Å². The van der Waals surface area contributed by atoms with Crippen LogP contribution in [0.4, 0.5) is 23.2 Å². The van der Waals surface area contributed by atoms with Crippen LogP contribution in [0.1, 0.15) is 59.0 Å². The first kappa shape index (κ1) is 25.5. The van der Waals surface area contributed by atoms with Crippen LogP contribution in [0.5, 0.6) is 0 Å². The molecule has 0 radical (unpaired) electrons. The highest BCUT2D eigenvalue weighted by Gasteiger charge is 2.34. The van der Waals surface area contributed by atoms with Crippen molar-refractivity contribution in [2.24, 2.45) is 0 Å². The summed E-state index contributed by atoms with van der Waals surface area (Å²) in [6.45, 7) is 8.61. The van der Waals surface area contributed by atoms with Gasteiger partial charge in [-0.2, -0.15) is 0 Å². The zero-order valence-corrected chi connectivity index (χ0v) is 19.5. The minimum absolute atomic E-state index is 0.153. The first-order valence-electron chi connectivity index (χ1n) is 10.3. The minimum atomic E-state index is -4.46. The van der Waals surface area contributed by atoms with Crippen molar-refractivity contribution in [3.05, 3.63) is 75.7 Å². The van der Waals surface area contributed by atoms with Crippen LogP contribution in [0.15, 0.2) is 24.6 Å². The van der Waals surface area contributed by atoms with E-state index in [0.29, 0.717) is 24.5 Å². The van der Waals surface area contributed by atoms with Crippen LogP contribution in [0, 0.1) is 30.2 Å². The Morgan fingerprint density at radius 1 is 1.12 bits per heavy atom. The zero-order valence-electron chi connectivity index (χ0n) is 18.7. The van der Waals surface area contributed by atoms with Crippen molar-refractivity contribution < 1.29 is 40.6 Å². The summed E-state index contributed by atoms with van der Waals surface area (Å²) in [7, 11) is -4.46. The molecule has 3 rings (SSSR count). The van der Waals surface area contributed by atoms with Gasteiger partial charge in [0.25, 0.3) is 0 Å². The molecule has 0 saturated carbocycles. The van der Waals surface area contributed by atoms with Crippen LogP contribution in [0.25, 0.3) is 0 Å². The molecule has 1 atom stereocenters. The Morgan fingerprint density at radius 3 is 2.24 bits per heavy atom. The maximum Gasteiger partial charge on any atom is 0.336 e. The third-order valence-corrected chi connectivity index (χ3v) is 7.07. The highest BCUT2D eigenvalue weighted by atomic mass is 32.2. The van der Waals surface area contributed by atoms with Gasteiger partial charge in [-0.3, -0.25) is 0 Å². The van der Waals surface area contributed by atoms with E-state index in [-0.39, 0.29) is 16.7 Å². The fourth-order valence-corrected chi connectivity index (χ4v) is 5.53. The topological polar surface area (TPSA) is 83.9 Å². The number of nitrogens with zero attached hydrogens (tertiary/aromatic N) is 1. The van der Waals surface area contributed by atoms with Gasteiger partial charge in [0.15, 0.2) is 39.0 Å². The monoisotopic (exact) mass is 501 g/mol. The van der Waals surface area contributed by atoms with Gasteiger partial charge in [-0.05, 0) is 38.5 Å². The van der Waals surface area contributed by atoms with E-state index < -0.39 is 67.8 Å². The average Bonchev–Trinajstić information content (AvgIpc) is 2.76. The Labute approximate surface area is 194 Å². The normalized spacial score (nSPS) is 15.8. The molecule has 1 heterocycles. The Kier molecular flexibility index (Phi) is 6.97. The van der Waals surface area contributed by atoms with Crippen LogP contribution in [0.2, 0.25) is 0 Å². The van der Waals surface area contributed by atoms with Crippen molar-refractivity contribution in [2.45, 2.75) is 44.8 Å². The van der Waals surface area contributed by atoms with Crippen molar-refractivity contribution in [2.75, 3.05) is 11.4 Å². The lowest BCUT2D eigenvalue weighted by atomic mass is 9.94. The fourth-order valence-electron chi connectivity index (χ4n) is 4.02. The number of benzene rings is 2. The van der Waals surface area contributed by atoms with E-state index in [4.69, 9.17) is 4.74 Å². The van der Waals surface area contributed by atoms with Gasteiger partial charge in [-0.25, -0.2) is 30.8 Å². The number of carboxylic acid groups (broad SMARTS) is 1. The molecule has 0 saturated heterocycles. The first-order valence-corrected chi connectivity index (χ1v) is 12.2. The number of ether oxygens (including phenoxy) is 1. The van der Waals surface area contributed by atoms with Gasteiger partial charge < -0.3 is 14.7 Å². The lowest BCUT2D eigenvalue weighted by Crippen LogP contribution is -2.32. The second-order valence-corrected chi connectivity index (χ2v) is 10.1. The van der Waals surface area contributed by atoms with E-state index in [1.165, 1.54) is 12.1 Å². The molecule has 2 aromatic rings. The molecule has 2 aromatic carbocycles. The molecule has 1 N–H and O–H groups in total. The number of carbonyl (C=O) groups is 1. The van der Waals surface area contributed by atoms with Crippen LogP contribution in [0.3, 0.4) is 0 Å². The molecular formula is C23H23F4NO5S. The van der Waals surface area contributed by atoms with Crippen LogP contribution < -0.4 is 4.90 Å². The lowest BCUT2D eigenvalue weighted by molar-refractivity contribution is 0.0680. The van der Waals surface area contributed by atoms with Gasteiger partial charge in [0.1, 0.15) is 6.10 Å². The number of halogens is 4. The van der Waals surface area contributed by atoms with E-state index in [1.807, 2.05) is 6.92 Å². The quantitative estimate of drug-likeness (QED) is 0.418. The number of sulfone groups is 1. The Bertz CT molecular complexity index is 1260. The molecule has 0 amide bonds. The Hall–Kier alpha value is -3.08. The molecule has 11 heteroatoms. The van der Waals surface area contributed by atoms with E-state index in [2.05, 4.69) is 6.58 Å². The van der Waals surface area contributed by atoms with E-state index >= 15 is 0 Å². The SMILES string of the molecule is C=C1OC(C)c2c(ccc(CS(=O)(=O)Cc3c(F)c(F)c(C)c(F)c3F)c2C(=O)O)N1CCC. The summed E-state index contributed by atoms with van der Waals surface area (Å²) < 4.78 is 87.5. The van der Waals surface area contributed by atoms with E-state index in [0.717, 1.165) is 6.92 Å². The Morgan fingerprint density at radius 2 is 1.71 bits per heavy atom.